The van der Waals surface area contributed by atoms with E-state index < -0.39 is 12.6 Å². The van der Waals surface area contributed by atoms with Gasteiger partial charge in [-0.05, 0) is 36.6 Å². The fraction of sp³-hybridized carbons (Fsp3) is 0.125. The van der Waals surface area contributed by atoms with Crippen LogP contribution in [0.3, 0.4) is 0 Å². The van der Waals surface area contributed by atoms with E-state index in [-0.39, 0.29) is 17.5 Å². The number of nitrogens with one attached hydrogen (secondary N) is 1. The first-order valence-corrected chi connectivity index (χ1v) is 9.43. The SMILES string of the molecule is CC(=O)Nc1ccc(C(=O)COC(=O)c2oc3c(ccc4ccccc43)c2C)cc1. The smallest absolute Gasteiger partial charge is 0.375 e. The van der Waals surface area contributed by atoms with E-state index in [1.165, 1.54) is 6.92 Å². The standard InChI is InChI=1S/C24H19NO5/c1-14-19-12-9-16-5-3-4-6-20(16)23(19)30-22(14)24(28)29-13-21(27)17-7-10-18(11-8-17)25-15(2)26/h3-12H,13H2,1-2H3,(H,25,26). The number of ketones is 1. The normalized spacial score (nSPS) is 10.9. The van der Waals surface area contributed by atoms with Gasteiger partial charge in [-0.1, -0.05) is 36.4 Å². The zero-order valence-corrected chi connectivity index (χ0v) is 16.5. The number of amides is 1. The molecule has 0 fully saturated rings. The number of furan rings is 1. The second-order valence-electron chi connectivity index (χ2n) is 6.98. The summed E-state index contributed by atoms with van der Waals surface area (Å²) >= 11 is 0. The number of carbonyl (C=O) groups excluding carboxylic acids is 3. The molecule has 0 saturated heterocycles. The Labute approximate surface area is 172 Å². The van der Waals surface area contributed by atoms with Gasteiger partial charge >= 0.3 is 5.97 Å². The van der Waals surface area contributed by atoms with Crippen LogP contribution in [-0.4, -0.2) is 24.3 Å². The van der Waals surface area contributed by atoms with Gasteiger partial charge in [0.1, 0.15) is 5.58 Å². The van der Waals surface area contributed by atoms with Crippen molar-refractivity contribution in [2.75, 3.05) is 11.9 Å². The Kier molecular flexibility index (Phi) is 5.06. The van der Waals surface area contributed by atoms with Gasteiger partial charge < -0.3 is 14.5 Å². The number of rotatable bonds is 5. The third kappa shape index (κ3) is 3.67. The molecule has 0 aliphatic carbocycles. The van der Waals surface area contributed by atoms with Crippen molar-refractivity contribution in [2.24, 2.45) is 0 Å². The lowest BCUT2D eigenvalue weighted by molar-refractivity contribution is -0.114. The van der Waals surface area contributed by atoms with Crippen molar-refractivity contribution in [2.45, 2.75) is 13.8 Å². The Morgan fingerprint density at radius 3 is 2.40 bits per heavy atom. The van der Waals surface area contributed by atoms with Crippen LogP contribution in [0.15, 0.2) is 65.1 Å². The van der Waals surface area contributed by atoms with Crippen LogP contribution < -0.4 is 5.32 Å². The second-order valence-corrected chi connectivity index (χ2v) is 6.98. The Morgan fingerprint density at radius 1 is 0.933 bits per heavy atom. The van der Waals surface area contributed by atoms with Gasteiger partial charge in [-0.15, -0.1) is 0 Å². The van der Waals surface area contributed by atoms with E-state index in [0.29, 0.717) is 22.4 Å². The van der Waals surface area contributed by atoms with Crippen LogP contribution in [0.2, 0.25) is 0 Å². The predicted octanol–water partition coefficient (Wildman–Crippen LogP) is 4.89. The molecule has 30 heavy (non-hydrogen) atoms. The van der Waals surface area contributed by atoms with Crippen LogP contribution in [0.25, 0.3) is 21.7 Å². The van der Waals surface area contributed by atoms with E-state index in [9.17, 15) is 14.4 Å². The van der Waals surface area contributed by atoms with Gasteiger partial charge in [0.05, 0.1) is 0 Å². The zero-order chi connectivity index (χ0) is 21.3. The quantitative estimate of drug-likeness (QED) is 0.380. The van der Waals surface area contributed by atoms with Gasteiger partial charge in [-0.25, -0.2) is 4.79 Å². The highest BCUT2D eigenvalue weighted by atomic mass is 16.5. The molecule has 6 heteroatoms. The van der Waals surface area contributed by atoms with Gasteiger partial charge in [0.25, 0.3) is 0 Å². The molecule has 4 rings (SSSR count). The van der Waals surface area contributed by atoms with Gasteiger partial charge in [0, 0.05) is 34.5 Å². The van der Waals surface area contributed by atoms with Gasteiger partial charge in [-0.3, -0.25) is 9.59 Å². The lowest BCUT2D eigenvalue weighted by atomic mass is 10.1. The minimum absolute atomic E-state index is 0.0927. The average Bonchev–Trinajstić information content (AvgIpc) is 3.09. The third-order valence-corrected chi connectivity index (χ3v) is 4.88. The summed E-state index contributed by atoms with van der Waals surface area (Å²) in [6.07, 6.45) is 0. The van der Waals surface area contributed by atoms with Crippen molar-refractivity contribution in [1.29, 1.82) is 0 Å². The molecule has 1 amide bonds. The minimum atomic E-state index is -0.684. The van der Waals surface area contributed by atoms with Crippen molar-refractivity contribution in [3.63, 3.8) is 0 Å². The molecule has 1 N–H and O–H groups in total. The van der Waals surface area contributed by atoms with Gasteiger partial charge in [0.2, 0.25) is 11.7 Å². The molecule has 0 bridgehead atoms. The number of anilines is 1. The van der Waals surface area contributed by atoms with E-state index in [2.05, 4.69) is 5.32 Å². The van der Waals surface area contributed by atoms with Crippen LogP contribution in [-0.2, 0) is 9.53 Å². The monoisotopic (exact) mass is 401 g/mol. The van der Waals surface area contributed by atoms with Crippen molar-refractivity contribution >= 4 is 45.1 Å². The highest BCUT2D eigenvalue weighted by Crippen LogP contribution is 2.32. The van der Waals surface area contributed by atoms with Crippen molar-refractivity contribution in [3.05, 3.63) is 77.6 Å². The summed E-state index contributed by atoms with van der Waals surface area (Å²) < 4.78 is 11.0. The lowest BCUT2D eigenvalue weighted by Gasteiger charge is -2.05. The van der Waals surface area contributed by atoms with E-state index in [4.69, 9.17) is 9.15 Å². The maximum absolute atomic E-state index is 12.6. The molecule has 0 atom stereocenters. The molecule has 0 aliphatic rings. The van der Waals surface area contributed by atoms with E-state index in [0.717, 1.165) is 16.2 Å². The number of ether oxygens (including phenoxy) is 1. The molecule has 150 valence electrons. The van der Waals surface area contributed by atoms with Crippen LogP contribution in [0.4, 0.5) is 5.69 Å². The zero-order valence-electron chi connectivity index (χ0n) is 16.5. The third-order valence-electron chi connectivity index (χ3n) is 4.88. The Morgan fingerprint density at radius 2 is 1.67 bits per heavy atom. The van der Waals surface area contributed by atoms with E-state index in [1.807, 2.05) is 36.4 Å². The summed E-state index contributed by atoms with van der Waals surface area (Å²) in [5, 5.41) is 5.38. The Hall–Kier alpha value is -3.93. The molecule has 0 saturated carbocycles. The summed E-state index contributed by atoms with van der Waals surface area (Å²) in [6, 6.07) is 18.0. The summed E-state index contributed by atoms with van der Waals surface area (Å²) in [5.41, 5.74) is 2.26. The van der Waals surface area contributed by atoms with Crippen LogP contribution in [0, 0.1) is 6.92 Å². The number of Topliss-reactive ketones (excluding diaryl/α,β-unsaturated/α-hetero) is 1. The number of esters is 1. The first kappa shape index (κ1) is 19.4. The fourth-order valence-corrected chi connectivity index (χ4v) is 3.37. The van der Waals surface area contributed by atoms with Crippen LogP contribution >= 0.6 is 0 Å². The summed E-state index contributed by atoms with van der Waals surface area (Å²) in [7, 11) is 0. The van der Waals surface area contributed by atoms with Gasteiger partial charge in [0.15, 0.2) is 12.4 Å². The summed E-state index contributed by atoms with van der Waals surface area (Å²) in [4.78, 5) is 36.0. The molecular weight excluding hydrogens is 382 g/mol. The average molecular weight is 401 g/mol. The molecule has 0 radical (unpaired) electrons. The number of hydrogen-bond donors (Lipinski definition) is 1. The number of carbonyl (C=O) groups is 3. The molecule has 1 heterocycles. The number of aryl methyl sites for hydroxylation is 1. The van der Waals surface area contributed by atoms with Gasteiger partial charge in [-0.2, -0.15) is 0 Å². The molecule has 1 aromatic heterocycles. The molecular formula is C24H19NO5. The fourth-order valence-electron chi connectivity index (χ4n) is 3.37. The Balaban J connectivity index is 1.50. The van der Waals surface area contributed by atoms with E-state index in [1.54, 1.807) is 31.2 Å². The van der Waals surface area contributed by atoms with Crippen LogP contribution in [0.1, 0.15) is 33.4 Å². The lowest BCUT2D eigenvalue weighted by Crippen LogP contribution is -2.14. The number of hydrogen-bond acceptors (Lipinski definition) is 5. The molecule has 0 spiro atoms. The first-order valence-electron chi connectivity index (χ1n) is 9.43. The Bertz CT molecular complexity index is 1280. The molecule has 3 aromatic carbocycles. The second kappa shape index (κ2) is 7.83. The highest BCUT2D eigenvalue weighted by Gasteiger charge is 2.21. The predicted molar refractivity (Wildman–Crippen MR) is 114 cm³/mol. The van der Waals surface area contributed by atoms with Crippen molar-refractivity contribution in [3.8, 4) is 0 Å². The maximum Gasteiger partial charge on any atom is 0.375 e. The molecule has 0 aliphatic heterocycles. The summed E-state index contributed by atoms with van der Waals surface area (Å²) in [5.74, 6) is -1.14. The van der Waals surface area contributed by atoms with Crippen molar-refractivity contribution < 1.29 is 23.5 Å². The first-order chi connectivity index (χ1) is 14.4. The topological polar surface area (TPSA) is 85.6 Å². The van der Waals surface area contributed by atoms with E-state index >= 15 is 0 Å². The minimum Gasteiger partial charge on any atom is -0.451 e. The number of benzene rings is 3. The molecule has 6 nitrogen and oxygen atoms in total. The summed E-state index contributed by atoms with van der Waals surface area (Å²) in [6.45, 7) is 2.79. The molecule has 4 aromatic rings. The highest BCUT2D eigenvalue weighted by molar-refractivity contribution is 6.08. The van der Waals surface area contributed by atoms with Crippen molar-refractivity contribution in [1.82, 2.24) is 0 Å². The molecule has 0 unspecified atom stereocenters. The maximum atomic E-state index is 12.6. The van der Waals surface area contributed by atoms with Crippen LogP contribution in [0.5, 0.6) is 0 Å². The number of fused-ring (bicyclic) bond motifs is 3. The largest absolute Gasteiger partial charge is 0.451 e.